The van der Waals surface area contributed by atoms with Crippen molar-refractivity contribution in [2.75, 3.05) is 26.2 Å². The zero-order valence-corrected chi connectivity index (χ0v) is 9.01. The molecule has 0 heterocycles. The van der Waals surface area contributed by atoms with Gasteiger partial charge in [0.2, 0.25) is 0 Å². The Morgan fingerprint density at radius 3 is 1.88 bits per heavy atom. The summed E-state index contributed by atoms with van der Waals surface area (Å²) in [5, 5.41) is 17.0. The van der Waals surface area contributed by atoms with E-state index in [1.165, 1.54) is 0 Å². The van der Waals surface area contributed by atoms with Crippen LogP contribution in [0.2, 0.25) is 0 Å². The van der Waals surface area contributed by atoms with Crippen LogP contribution in [0.15, 0.2) is 0 Å². The van der Waals surface area contributed by atoms with Gasteiger partial charge in [0.25, 0.3) is 0 Å². The van der Waals surface area contributed by atoms with Crippen LogP contribution in [-0.2, 0) is 19.1 Å². The smallest absolute Gasteiger partial charge is 0.320 e. The van der Waals surface area contributed by atoms with E-state index in [9.17, 15) is 14.4 Å². The lowest BCUT2D eigenvalue weighted by Gasteiger charge is -2.16. The van der Waals surface area contributed by atoms with E-state index >= 15 is 0 Å². The van der Waals surface area contributed by atoms with Crippen LogP contribution in [0.1, 0.15) is 13.3 Å². The van der Waals surface area contributed by atoms with Gasteiger partial charge in [0.05, 0.1) is 26.2 Å². The van der Waals surface area contributed by atoms with E-state index in [4.69, 9.17) is 14.9 Å². The van der Waals surface area contributed by atoms with Crippen molar-refractivity contribution in [1.82, 2.24) is 4.90 Å². The SMILES string of the molecule is CCCOC(=O)CN(CC(=O)O)CC(=O)O.[AlH3]. The van der Waals surface area contributed by atoms with Crippen LogP contribution in [0.25, 0.3) is 0 Å². The van der Waals surface area contributed by atoms with Crippen molar-refractivity contribution in [3.05, 3.63) is 0 Å². The van der Waals surface area contributed by atoms with Crippen LogP contribution in [0.4, 0.5) is 0 Å². The molecule has 7 nitrogen and oxygen atoms in total. The molecule has 0 amide bonds. The maximum atomic E-state index is 11.1. The first kappa shape index (κ1) is 18.3. The highest BCUT2D eigenvalue weighted by atomic mass is 27.0. The van der Waals surface area contributed by atoms with E-state index in [1.807, 2.05) is 6.92 Å². The number of ether oxygens (including phenoxy) is 1. The third kappa shape index (κ3) is 11.2. The Balaban J connectivity index is 0. The summed E-state index contributed by atoms with van der Waals surface area (Å²) in [7, 11) is 0. The molecule has 0 spiro atoms. The van der Waals surface area contributed by atoms with Gasteiger partial charge in [-0.05, 0) is 6.42 Å². The predicted octanol–water partition coefficient (Wildman–Crippen LogP) is -1.77. The van der Waals surface area contributed by atoms with Crippen molar-refractivity contribution in [1.29, 1.82) is 0 Å². The molecule has 0 bridgehead atoms. The van der Waals surface area contributed by atoms with Gasteiger partial charge < -0.3 is 14.9 Å². The summed E-state index contributed by atoms with van der Waals surface area (Å²) >= 11 is 0. The summed E-state index contributed by atoms with van der Waals surface area (Å²) < 4.78 is 4.72. The first-order valence-electron chi connectivity index (χ1n) is 4.77. The number of carboxylic acids is 2. The first-order valence-corrected chi connectivity index (χ1v) is 4.77. The lowest BCUT2D eigenvalue weighted by atomic mass is 10.4. The van der Waals surface area contributed by atoms with Crippen molar-refractivity contribution in [3.63, 3.8) is 0 Å². The number of hydrogen-bond donors (Lipinski definition) is 2. The van der Waals surface area contributed by atoms with E-state index in [-0.39, 0.29) is 30.5 Å². The molecular formula is C9H18AlNO6. The standard InChI is InChI=1S/C9H15NO6.Al.3H/c1-2-3-16-9(15)6-10(4-7(11)12)5-8(13)14;;;;/h2-6H2,1H3,(H,11,12)(H,13,14);;;;. The van der Waals surface area contributed by atoms with Crippen LogP contribution in [-0.4, -0.2) is 76.6 Å². The number of aliphatic carboxylic acids is 2. The molecule has 8 heteroatoms. The van der Waals surface area contributed by atoms with Gasteiger partial charge in [0.15, 0.2) is 17.4 Å². The molecule has 2 N–H and O–H groups in total. The van der Waals surface area contributed by atoms with Crippen molar-refractivity contribution in [3.8, 4) is 0 Å². The maximum Gasteiger partial charge on any atom is 0.320 e. The van der Waals surface area contributed by atoms with Gasteiger partial charge in [-0.25, -0.2) is 0 Å². The molecule has 0 aromatic heterocycles. The summed E-state index contributed by atoms with van der Waals surface area (Å²) in [5.41, 5.74) is 0. The zero-order valence-electron chi connectivity index (χ0n) is 9.01. The molecule has 0 atom stereocenters. The van der Waals surface area contributed by atoms with Gasteiger partial charge in [0, 0.05) is 0 Å². The summed E-state index contributed by atoms with van der Waals surface area (Å²) in [6.07, 6.45) is 0.656. The topological polar surface area (TPSA) is 104 Å². The largest absolute Gasteiger partial charge is 0.480 e. The minimum absolute atomic E-state index is 0. The predicted molar refractivity (Wildman–Crippen MR) is 62.9 cm³/mol. The molecule has 0 saturated carbocycles. The molecular weight excluding hydrogens is 245 g/mol. The summed E-state index contributed by atoms with van der Waals surface area (Å²) in [4.78, 5) is 32.9. The fourth-order valence-corrected chi connectivity index (χ4v) is 0.994. The fourth-order valence-electron chi connectivity index (χ4n) is 0.994. The van der Waals surface area contributed by atoms with Gasteiger partial charge >= 0.3 is 17.9 Å². The fraction of sp³-hybridized carbons (Fsp3) is 0.667. The second-order valence-corrected chi connectivity index (χ2v) is 3.15. The lowest BCUT2D eigenvalue weighted by Crippen LogP contribution is -2.38. The minimum Gasteiger partial charge on any atom is -0.480 e. The highest BCUT2D eigenvalue weighted by Gasteiger charge is 2.17. The Morgan fingerprint density at radius 2 is 1.53 bits per heavy atom. The quantitative estimate of drug-likeness (QED) is 0.394. The van der Waals surface area contributed by atoms with Gasteiger partial charge in [-0.15, -0.1) is 0 Å². The number of esters is 1. The van der Waals surface area contributed by atoms with Crippen LogP contribution in [0.5, 0.6) is 0 Å². The summed E-state index contributed by atoms with van der Waals surface area (Å²) in [6, 6.07) is 0. The van der Waals surface area contributed by atoms with Crippen molar-refractivity contribution in [2.45, 2.75) is 13.3 Å². The average Bonchev–Trinajstić information content (AvgIpc) is 2.12. The van der Waals surface area contributed by atoms with Crippen LogP contribution in [0.3, 0.4) is 0 Å². The molecule has 0 aromatic carbocycles. The molecule has 0 unspecified atom stereocenters. The first-order chi connectivity index (χ1) is 7.45. The van der Waals surface area contributed by atoms with Crippen molar-refractivity contribution < 1.29 is 29.3 Å². The number of hydrogen-bond acceptors (Lipinski definition) is 5. The second-order valence-electron chi connectivity index (χ2n) is 3.15. The lowest BCUT2D eigenvalue weighted by molar-refractivity contribution is -0.148. The molecule has 0 rings (SSSR count). The Kier molecular flexibility index (Phi) is 10.8. The van der Waals surface area contributed by atoms with Gasteiger partial charge in [-0.2, -0.15) is 0 Å². The van der Waals surface area contributed by atoms with Gasteiger partial charge in [-0.1, -0.05) is 6.92 Å². The molecule has 0 saturated heterocycles. The molecule has 0 fully saturated rings. The van der Waals surface area contributed by atoms with E-state index in [2.05, 4.69) is 0 Å². The van der Waals surface area contributed by atoms with Gasteiger partial charge in [0.1, 0.15) is 0 Å². The number of nitrogens with zero attached hydrogens (tertiary/aromatic N) is 1. The molecule has 17 heavy (non-hydrogen) atoms. The highest BCUT2D eigenvalue weighted by molar-refractivity contribution is 5.76. The summed E-state index contributed by atoms with van der Waals surface area (Å²) in [5.74, 6) is -3.00. The van der Waals surface area contributed by atoms with E-state index in [0.717, 1.165) is 4.90 Å². The highest BCUT2D eigenvalue weighted by Crippen LogP contribution is 1.92. The van der Waals surface area contributed by atoms with Crippen LogP contribution < -0.4 is 0 Å². The average molecular weight is 263 g/mol. The molecule has 0 aliphatic rings. The van der Waals surface area contributed by atoms with Gasteiger partial charge in [-0.3, -0.25) is 19.3 Å². The molecule has 0 aromatic rings. The second kappa shape index (κ2) is 10.1. The zero-order chi connectivity index (χ0) is 12.6. The molecule has 0 radical (unpaired) electrons. The molecule has 0 aliphatic heterocycles. The molecule has 98 valence electrons. The monoisotopic (exact) mass is 263 g/mol. The maximum absolute atomic E-state index is 11.1. The van der Waals surface area contributed by atoms with Crippen molar-refractivity contribution in [2.24, 2.45) is 0 Å². The van der Waals surface area contributed by atoms with Crippen LogP contribution in [0, 0.1) is 0 Å². The third-order valence-corrected chi connectivity index (χ3v) is 1.54. The number of carbonyl (C=O) groups is 3. The Bertz CT molecular complexity index is 254. The number of carboxylic acid groups (broad SMARTS) is 2. The van der Waals surface area contributed by atoms with E-state index < -0.39 is 31.0 Å². The minimum atomic E-state index is -1.19. The Labute approximate surface area is 109 Å². The summed E-state index contributed by atoms with van der Waals surface area (Å²) in [6.45, 7) is 0.714. The third-order valence-electron chi connectivity index (χ3n) is 1.54. The Morgan fingerprint density at radius 1 is 1.06 bits per heavy atom. The number of rotatable bonds is 8. The normalized spacial score (nSPS) is 9.53. The van der Waals surface area contributed by atoms with E-state index in [1.54, 1.807) is 0 Å². The number of carbonyl (C=O) groups excluding carboxylic acids is 1. The van der Waals surface area contributed by atoms with Crippen molar-refractivity contribution >= 4 is 35.3 Å². The Hall–Kier alpha value is -1.10. The molecule has 0 aliphatic carbocycles. The van der Waals surface area contributed by atoms with Crippen LogP contribution >= 0.6 is 0 Å². The van der Waals surface area contributed by atoms with E-state index in [0.29, 0.717) is 6.42 Å².